The summed E-state index contributed by atoms with van der Waals surface area (Å²) in [5.74, 6) is 0.384. The van der Waals surface area contributed by atoms with Crippen LogP contribution in [0.4, 0.5) is 18.9 Å². The van der Waals surface area contributed by atoms with Gasteiger partial charge in [-0.2, -0.15) is 13.2 Å². The van der Waals surface area contributed by atoms with E-state index in [0.29, 0.717) is 43.0 Å². The standard InChI is InChI=1S/C21H17F3N4O2/c22-21(23,24)17-7-5-14(6-8-17)20-25-11-16-13-27(10-9-18(16)26-20)12-15-3-1-2-4-19(15)28(29)30/h1-8,11H,9-10,12-13H2. The van der Waals surface area contributed by atoms with E-state index < -0.39 is 11.7 Å². The molecule has 2 heterocycles. The van der Waals surface area contributed by atoms with Crippen LogP contribution in [0.1, 0.15) is 22.4 Å². The Hall–Kier alpha value is -3.33. The van der Waals surface area contributed by atoms with Crippen molar-refractivity contribution in [2.45, 2.75) is 25.7 Å². The average molecular weight is 414 g/mol. The van der Waals surface area contributed by atoms with Gasteiger partial charge in [-0.1, -0.05) is 30.3 Å². The van der Waals surface area contributed by atoms with Crippen molar-refractivity contribution in [1.29, 1.82) is 0 Å². The minimum Gasteiger partial charge on any atom is -0.294 e. The molecular formula is C21H17F3N4O2. The number of benzene rings is 2. The molecule has 9 heteroatoms. The SMILES string of the molecule is O=[N+]([O-])c1ccccc1CN1CCc2nc(-c3ccc(C(F)(F)F)cc3)ncc2C1. The zero-order valence-corrected chi connectivity index (χ0v) is 15.8. The quantitative estimate of drug-likeness (QED) is 0.460. The van der Waals surface area contributed by atoms with Gasteiger partial charge in [0.1, 0.15) is 0 Å². The number of nitro groups is 1. The molecule has 0 bridgehead atoms. The molecule has 154 valence electrons. The smallest absolute Gasteiger partial charge is 0.294 e. The maximum Gasteiger partial charge on any atom is 0.416 e. The molecule has 0 aliphatic carbocycles. The first-order valence-corrected chi connectivity index (χ1v) is 9.28. The largest absolute Gasteiger partial charge is 0.416 e. The highest BCUT2D eigenvalue weighted by atomic mass is 19.4. The summed E-state index contributed by atoms with van der Waals surface area (Å²) in [6.07, 6.45) is -2.07. The van der Waals surface area contributed by atoms with Gasteiger partial charge in [-0.25, -0.2) is 9.97 Å². The zero-order chi connectivity index (χ0) is 21.3. The van der Waals surface area contributed by atoms with E-state index in [-0.39, 0.29) is 10.6 Å². The molecule has 4 rings (SSSR count). The number of hydrogen-bond acceptors (Lipinski definition) is 5. The Morgan fingerprint density at radius 2 is 1.83 bits per heavy atom. The molecule has 3 aromatic rings. The van der Waals surface area contributed by atoms with Crippen LogP contribution in [0.3, 0.4) is 0 Å². The zero-order valence-electron chi connectivity index (χ0n) is 15.8. The molecule has 0 fully saturated rings. The number of aromatic nitrogens is 2. The molecule has 0 N–H and O–H groups in total. The van der Waals surface area contributed by atoms with Crippen molar-refractivity contribution < 1.29 is 18.1 Å². The Labute approximate surface area is 170 Å². The Morgan fingerprint density at radius 3 is 2.53 bits per heavy atom. The maximum absolute atomic E-state index is 12.7. The van der Waals surface area contributed by atoms with Crippen molar-refractivity contribution >= 4 is 5.69 Å². The number of nitrogens with zero attached hydrogens (tertiary/aromatic N) is 4. The number of alkyl halides is 3. The van der Waals surface area contributed by atoms with Crippen molar-refractivity contribution in [2.24, 2.45) is 0 Å². The van der Waals surface area contributed by atoms with Crippen LogP contribution in [0.5, 0.6) is 0 Å². The fraction of sp³-hybridized carbons (Fsp3) is 0.238. The number of hydrogen-bond donors (Lipinski definition) is 0. The highest BCUT2D eigenvalue weighted by Gasteiger charge is 2.30. The van der Waals surface area contributed by atoms with Gasteiger partial charge >= 0.3 is 6.18 Å². The molecule has 0 saturated heterocycles. The van der Waals surface area contributed by atoms with Crippen molar-refractivity contribution in [3.05, 3.63) is 87.2 Å². The van der Waals surface area contributed by atoms with Crippen molar-refractivity contribution in [3.8, 4) is 11.4 Å². The monoisotopic (exact) mass is 414 g/mol. The van der Waals surface area contributed by atoms with E-state index in [1.54, 1.807) is 24.4 Å². The van der Waals surface area contributed by atoms with Gasteiger partial charge in [0.05, 0.1) is 16.2 Å². The molecule has 1 aliphatic heterocycles. The molecule has 0 spiro atoms. The normalized spacial score (nSPS) is 14.4. The van der Waals surface area contributed by atoms with E-state index in [2.05, 4.69) is 14.9 Å². The first-order valence-electron chi connectivity index (χ1n) is 9.28. The summed E-state index contributed by atoms with van der Waals surface area (Å²) in [6.45, 7) is 1.66. The van der Waals surface area contributed by atoms with Gasteiger partial charge in [0.2, 0.25) is 0 Å². The van der Waals surface area contributed by atoms with E-state index in [0.717, 1.165) is 23.4 Å². The highest BCUT2D eigenvalue weighted by molar-refractivity contribution is 5.56. The Bertz CT molecular complexity index is 1080. The minimum absolute atomic E-state index is 0.0946. The summed E-state index contributed by atoms with van der Waals surface area (Å²) in [7, 11) is 0. The molecule has 0 unspecified atom stereocenters. The van der Waals surface area contributed by atoms with Gasteiger partial charge in [-0.05, 0) is 12.1 Å². The van der Waals surface area contributed by atoms with Gasteiger partial charge in [0.25, 0.3) is 5.69 Å². The van der Waals surface area contributed by atoms with E-state index in [9.17, 15) is 23.3 Å². The highest BCUT2D eigenvalue weighted by Crippen LogP contribution is 2.31. The van der Waals surface area contributed by atoms with Crippen molar-refractivity contribution in [3.63, 3.8) is 0 Å². The second kappa shape index (κ2) is 7.83. The van der Waals surface area contributed by atoms with Gasteiger partial charge < -0.3 is 0 Å². The predicted molar refractivity (Wildman–Crippen MR) is 103 cm³/mol. The van der Waals surface area contributed by atoms with E-state index in [1.165, 1.54) is 18.2 Å². The minimum atomic E-state index is -4.38. The molecule has 6 nitrogen and oxygen atoms in total. The first-order chi connectivity index (χ1) is 14.3. The van der Waals surface area contributed by atoms with Crippen LogP contribution < -0.4 is 0 Å². The number of para-hydroxylation sites is 1. The summed E-state index contributed by atoms with van der Waals surface area (Å²) < 4.78 is 38.2. The summed E-state index contributed by atoms with van der Waals surface area (Å²) in [6, 6.07) is 11.4. The van der Waals surface area contributed by atoms with Crippen LogP contribution in [0.25, 0.3) is 11.4 Å². The molecule has 0 radical (unpaired) electrons. The lowest BCUT2D eigenvalue weighted by molar-refractivity contribution is -0.385. The lowest BCUT2D eigenvalue weighted by Crippen LogP contribution is -2.31. The molecule has 0 amide bonds. The second-order valence-electron chi connectivity index (χ2n) is 7.09. The van der Waals surface area contributed by atoms with Gasteiger partial charge in [0.15, 0.2) is 5.82 Å². The fourth-order valence-electron chi connectivity index (χ4n) is 3.52. The number of nitro benzene ring substituents is 1. The van der Waals surface area contributed by atoms with Crippen LogP contribution in [-0.4, -0.2) is 26.3 Å². The molecular weight excluding hydrogens is 397 g/mol. The summed E-state index contributed by atoms with van der Waals surface area (Å²) >= 11 is 0. The molecule has 30 heavy (non-hydrogen) atoms. The predicted octanol–water partition coefficient (Wildman–Crippen LogP) is 4.63. The Kier molecular flexibility index (Phi) is 5.21. The summed E-state index contributed by atoms with van der Waals surface area (Å²) in [5, 5.41) is 11.2. The van der Waals surface area contributed by atoms with E-state index in [4.69, 9.17) is 0 Å². The van der Waals surface area contributed by atoms with Crippen LogP contribution in [0.15, 0.2) is 54.7 Å². The van der Waals surface area contributed by atoms with E-state index in [1.807, 2.05) is 0 Å². The average Bonchev–Trinajstić information content (AvgIpc) is 2.73. The van der Waals surface area contributed by atoms with Crippen LogP contribution >= 0.6 is 0 Å². The Morgan fingerprint density at radius 1 is 1.10 bits per heavy atom. The fourth-order valence-corrected chi connectivity index (χ4v) is 3.52. The third-order valence-corrected chi connectivity index (χ3v) is 5.07. The van der Waals surface area contributed by atoms with Gasteiger partial charge in [-0.15, -0.1) is 0 Å². The number of rotatable bonds is 4. The van der Waals surface area contributed by atoms with Crippen LogP contribution in [0, 0.1) is 10.1 Å². The maximum atomic E-state index is 12.7. The molecule has 0 atom stereocenters. The molecule has 2 aromatic carbocycles. The molecule has 1 aromatic heterocycles. The third kappa shape index (κ3) is 4.16. The third-order valence-electron chi connectivity index (χ3n) is 5.07. The molecule has 1 aliphatic rings. The van der Waals surface area contributed by atoms with Crippen molar-refractivity contribution in [2.75, 3.05) is 6.54 Å². The van der Waals surface area contributed by atoms with Crippen LogP contribution in [-0.2, 0) is 25.7 Å². The lowest BCUT2D eigenvalue weighted by Gasteiger charge is -2.28. The number of fused-ring (bicyclic) bond motifs is 1. The summed E-state index contributed by atoms with van der Waals surface area (Å²) in [4.78, 5) is 21.8. The number of halogens is 3. The van der Waals surface area contributed by atoms with Crippen LogP contribution in [0.2, 0.25) is 0 Å². The van der Waals surface area contributed by atoms with Gasteiger partial charge in [-0.3, -0.25) is 15.0 Å². The molecule has 0 saturated carbocycles. The van der Waals surface area contributed by atoms with Crippen molar-refractivity contribution in [1.82, 2.24) is 14.9 Å². The lowest BCUT2D eigenvalue weighted by atomic mass is 10.0. The second-order valence-corrected chi connectivity index (χ2v) is 7.09. The van der Waals surface area contributed by atoms with Gasteiger partial charge in [0, 0.05) is 55.0 Å². The summed E-state index contributed by atoms with van der Waals surface area (Å²) in [5.41, 5.74) is 2.31. The van der Waals surface area contributed by atoms with E-state index >= 15 is 0 Å². The topological polar surface area (TPSA) is 72.2 Å². The Balaban J connectivity index is 1.51. The first kappa shape index (κ1) is 20.0.